The molecule has 1 atom stereocenters. The number of nitrogens with zero attached hydrogens (tertiary/aromatic N) is 2. The van der Waals surface area contributed by atoms with Gasteiger partial charge in [0, 0.05) is 30.2 Å². The van der Waals surface area contributed by atoms with E-state index in [4.69, 9.17) is 5.11 Å². The summed E-state index contributed by atoms with van der Waals surface area (Å²) in [5.74, 6) is 0.993. The number of para-hydroxylation sites is 1. The number of amides is 2. The van der Waals surface area contributed by atoms with Crippen LogP contribution in [-0.4, -0.2) is 50.8 Å². The smallest absolute Gasteiger partial charge is 0.408 e. The Labute approximate surface area is 132 Å². The van der Waals surface area contributed by atoms with Crippen molar-refractivity contribution in [2.75, 3.05) is 18.2 Å². The highest BCUT2D eigenvalue weighted by atomic mass is 32.2. The van der Waals surface area contributed by atoms with Crippen molar-refractivity contribution in [3.63, 3.8) is 0 Å². The topological polar surface area (TPSA) is 74.6 Å². The Balaban J connectivity index is 1.71. The zero-order valence-electron chi connectivity index (χ0n) is 12.2. The SMILES string of the molecule is Cn1c(C(=O)NCC2CSCN2C(=O)O)cc2ccccc21. The van der Waals surface area contributed by atoms with Gasteiger partial charge in [-0.1, -0.05) is 18.2 Å². The summed E-state index contributed by atoms with van der Waals surface area (Å²) in [6.45, 7) is 0.333. The van der Waals surface area contributed by atoms with Gasteiger partial charge in [0.15, 0.2) is 0 Å². The number of thioether (sulfide) groups is 1. The summed E-state index contributed by atoms with van der Waals surface area (Å²) in [6, 6.07) is 9.48. The monoisotopic (exact) mass is 319 g/mol. The molecule has 22 heavy (non-hydrogen) atoms. The van der Waals surface area contributed by atoms with E-state index in [0.717, 1.165) is 10.9 Å². The maximum atomic E-state index is 12.4. The summed E-state index contributed by atoms with van der Waals surface area (Å²) in [4.78, 5) is 24.8. The fraction of sp³-hybridized carbons (Fsp3) is 0.333. The lowest BCUT2D eigenvalue weighted by molar-refractivity contribution is 0.0928. The lowest BCUT2D eigenvalue weighted by Gasteiger charge is -2.20. The predicted octanol–water partition coefficient (Wildman–Crippen LogP) is 1.96. The summed E-state index contributed by atoms with van der Waals surface area (Å²) in [6.07, 6.45) is -0.936. The molecule has 0 saturated carbocycles. The van der Waals surface area contributed by atoms with Crippen molar-refractivity contribution >= 4 is 34.7 Å². The van der Waals surface area contributed by atoms with Crippen LogP contribution in [0, 0.1) is 0 Å². The lowest BCUT2D eigenvalue weighted by atomic mass is 10.2. The molecular formula is C15H17N3O3S. The number of aryl methyl sites for hydroxylation is 1. The maximum Gasteiger partial charge on any atom is 0.408 e. The molecule has 1 unspecified atom stereocenters. The minimum absolute atomic E-state index is 0.166. The zero-order valence-corrected chi connectivity index (χ0v) is 13.0. The molecule has 2 N–H and O–H groups in total. The third-order valence-electron chi connectivity index (χ3n) is 3.91. The highest BCUT2D eigenvalue weighted by Crippen LogP contribution is 2.21. The van der Waals surface area contributed by atoms with Gasteiger partial charge in [0.05, 0.1) is 11.9 Å². The van der Waals surface area contributed by atoms with Gasteiger partial charge in [0.2, 0.25) is 0 Å². The van der Waals surface area contributed by atoms with E-state index >= 15 is 0 Å². The van der Waals surface area contributed by atoms with E-state index in [-0.39, 0.29) is 11.9 Å². The average Bonchev–Trinajstić information content (AvgIpc) is 3.10. The van der Waals surface area contributed by atoms with E-state index in [1.165, 1.54) is 4.90 Å². The minimum Gasteiger partial charge on any atom is -0.465 e. The predicted molar refractivity (Wildman–Crippen MR) is 86.2 cm³/mol. The first-order valence-electron chi connectivity index (χ1n) is 6.98. The number of rotatable bonds is 3. The molecule has 1 aliphatic rings. The molecule has 7 heteroatoms. The second-order valence-electron chi connectivity index (χ2n) is 5.26. The second-order valence-corrected chi connectivity index (χ2v) is 6.26. The van der Waals surface area contributed by atoms with Crippen LogP contribution in [0.2, 0.25) is 0 Å². The molecule has 2 aromatic rings. The molecule has 3 rings (SSSR count). The molecule has 0 bridgehead atoms. The van der Waals surface area contributed by atoms with Crippen molar-refractivity contribution in [3.8, 4) is 0 Å². The number of carbonyl (C=O) groups excluding carboxylic acids is 1. The Morgan fingerprint density at radius 3 is 2.91 bits per heavy atom. The fourth-order valence-electron chi connectivity index (χ4n) is 2.67. The van der Waals surface area contributed by atoms with Crippen molar-refractivity contribution in [3.05, 3.63) is 36.0 Å². The van der Waals surface area contributed by atoms with Gasteiger partial charge in [0.1, 0.15) is 5.69 Å². The van der Waals surface area contributed by atoms with E-state index in [9.17, 15) is 9.59 Å². The molecule has 0 spiro atoms. The Hall–Kier alpha value is -2.15. The Morgan fingerprint density at radius 2 is 2.18 bits per heavy atom. The van der Waals surface area contributed by atoms with Crippen molar-refractivity contribution in [1.82, 2.24) is 14.8 Å². The Kier molecular flexibility index (Phi) is 3.98. The van der Waals surface area contributed by atoms with Crippen LogP contribution >= 0.6 is 11.8 Å². The molecular weight excluding hydrogens is 302 g/mol. The van der Waals surface area contributed by atoms with Crippen LogP contribution in [0.15, 0.2) is 30.3 Å². The number of carbonyl (C=O) groups is 2. The number of hydrogen-bond acceptors (Lipinski definition) is 3. The van der Waals surface area contributed by atoms with E-state index in [0.29, 0.717) is 23.9 Å². The van der Waals surface area contributed by atoms with E-state index in [1.807, 2.05) is 41.9 Å². The van der Waals surface area contributed by atoms with Crippen molar-refractivity contribution in [1.29, 1.82) is 0 Å². The molecule has 6 nitrogen and oxygen atoms in total. The van der Waals surface area contributed by atoms with Gasteiger partial charge >= 0.3 is 6.09 Å². The second kappa shape index (κ2) is 5.92. The molecule has 1 saturated heterocycles. The van der Waals surface area contributed by atoms with Gasteiger partial charge in [-0.2, -0.15) is 0 Å². The molecule has 2 amide bonds. The molecule has 1 aliphatic heterocycles. The van der Waals surface area contributed by atoms with Crippen LogP contribution in [0.3, 0.4) is 0 Å². The van der Waals surface area contributed by atoms with Crippen LogP contribution in [0.25, 0.3) is 10.9 Å². The fourth-order valence-corrected chi connectivity index (χ4v) is 3.86. The zero-order chi connectivity index (χ0) is 15.7. The van der Waals surface area contributed by atoms with Crippen LogP contribution in [0.1, 0.15) is 10.5 Å². The minimum atomic E-state index is -0.936. The van der Waals surface area contributed by atoms with E-state index in [2.05, 4.69) is 5.32 Å². The van der Waals surface area contributed by atoms with Gasteiger partial charge in [-0.15, -0.1) is 11.8 Å². The summed E-state index contributed by atoms with van der Waals surface area (Å²) >= 11 is 1.56. The lowest BCUT2D eigenvalue weighted by Crippen LogP contribution is -2.44. The van der Waals surface area contributed by atoms with Gasteiger partial charge in [0.25, 0.3) is 5.91 Å². The number of benzene rings is 1. The van der Waals surface area contributed by atoms with Crippen molar-refractivity contribution in [2.24, 2.45) is 7.05 Å². The van der Waals surface area contributed by atoms with Crippen LogP contribution in [-0.2, 0) is 7.05 Å². The van der Waals surface area contributed by atoms with Gasteiger partial charge < -0.3 is 15.0 Å². The number of fused-ring (bicyclic) bond motifs is 1. The van der Waals surface area contributed by atoms with Gasteiger partial charge in [-0.25, -0.2) is 4.79 Å². The average molecular weight is 319 g/mol. The molecule has 2 heterocycles. The first-order chi connectivity index (χ1) is 10.6. The molecule has 116 valence electrons. The van der Waals surface area contributed by atoms with Crippen LogP contribution < -0.4 is 5.32 Å². The molecule has 0 radical (unpaired) electrons. The molecule has 1 fully saturated rings. The number of nitrogens with one attached hydrogen (secondary N) is 1. The summed E-state index contributed by atoms with van der Waals surface area (Å²) in [5, 5.41) is 13.0. The van der Waals surface area contributed by atoms with E-state index in [1.54, 1.807) is 11.8 Å². The van der Waals surface area contributed by atoms with Crippen molar-refractivity contribution in [2.45, 2.75) is 6.04 Å². The largest absolute Gasteiger partial charge is 0.465 e. The summed E-state index contributed by atoms with van der Waals surface area (Å²) < 4.78 is 1.85. The number of carboxylic acid groups (broad SMARTS) is 1. The number of aromatic nitrogens is 1. The van der Waals surface area contributed by atoms with E-state index < -0.39 is 6.09 Å². The Bertz CT molecular complexity index is 728. The number of hydrogen-bond donors (Lipinski definition) is 2. The van der Waals surface area contributed by atoms with Crippen molar-refractivity contribution < 1.29 is 14.7 Å². The van der Waals surface area contributed by atoms with Crippen LogP contribution in [0.4, 0.5) is 4.79 Å². The molecule has 1 aromatic heterocycles. The summed E-state index contributed by atoms with van der Waals surface area (Å²) in [7, 11) is 1.85. The summed E-state index contributed by atoms with van der Waals surface area (Å²) in [5.41, 5.74) is 1.57. The van der Waals surface area contributed by atoms with Gasteiger partial charge in [-0.3, -0.25) is 9.69 Å². The van der Waals surface area contributed by atoms with Gasteiger partial charge in [-0.05, 0) is 12.1 Å². The third kappa shape index (κ3) is 2.64. The normalized spacial score (nSPS) is 17.9. The first kappa shape index (κ1) is 14.8. The third-order valence-corrected chi connectivity index (χ3v) is 4.99. The first-order valence-corrected chi connectivity index (χ1v) is 8.13. The van der Waals surface area contributed by atoms with Crippen LogP contribution in [0.5, 0.6) is 0 Å². The molecule has 1 aromatic carbocycles. The highest BCUT2D eigenvalue weighted by Gasteiger charge is 2.29. The quantitative estimate of drug-likeness (QED) is 0.907. The highest BCUT2D eigenvalue weighted by molar-refractivity contribution is 7.99. The standard InChI is InChI=1S/C15H17N3O3S/c1-17-12-5-3-2-4-10(12)6-13(17)14(19)16-7-11-8-22-9-18(11)15(20)21/h2-6,11H,7-9H2,1H3,(H,16,19)(H,20,21). The Morgan fingerprint density at radius 1 is 1.41 bits per heavy atom. The molecule has 0 aliphatic carbocycles. The maximum absolute atomic E-state index is 12.4.